The first-order valence-corrected chi connectivity index (χ1v) is 6.44. The van der Waals surface area contributed by atoms with Crippen molar-refractivity contribution >= 4 is 45.1 Å². The van der Waals surface area contributed by atoms with Crippen molar-refractivity contribution in [2.75, 3.05) is 5.32 Å². The van der Waals surface area contributed by atoms with Crippen molar-refractivity contribution in [3.63, 3.8) is 0 Å². The van der Waals surface area contributed by atoms with E-state index in [1.54, 1.807) is 25.1 Å². The number of hydrogen-bond donors (Lipinski definition) is 2. The van der Waals surface area contributed by atoms with Gasteiger partial charge in [-0.25, -0.2) is 14.8 Å². The van der Waals surface area contributed by atoms with E-state index in [0.717, 1.165) is 0 Å². The minimum absolute atomic E-state index is 0.0794. The number of halogens is 2. The molecular weight excluding hydrogens is 334 g/mol. The Labute approximate surface area is 122 Å². The Kier molecular flexibility index (Phi) is 4.01. The van der Waals surface area contributed by atoms with Gasteiger partial charge in [0.05, 0.1) is 26.4 Å². The van der Waals surface area contributed by atoms with E-state index in [4.69, 9.17) is 16.7 Å². The molecule has 0 bridgehead atoms. The molecule has 0 radical (unpaired) electrons. The number of carbonyl (C=O) groups is 1. The van der Waals surface area contributed by atoms with Crippen LogP contribution in [0.5, 0.6) is 0 Å². The first-order chi connectivity index (χ1) is 8.99. The molecule has 0 unspecified atom stereocenters. The summed E-state index contributed by atoms with van der Waals surface area (Å²) in [6.45, 7) is 1.61. The number of aromatic nitrogens is 2. The number of carboxylic acids is 1. The Morgan fingerprint density at radius 2 is 2.21 bits per heavy atom. The van der Waals surface area contributed by atoms with Gasteiger partial charge in [0.1, 0.15) is 0 Å². The minimum Gasteiger partial charge on any atom is -0.478 e. The monoisotopic (exact) mass is 341 g/mol. The number of benzene rings is 1. The Morgan fingerprint density at radius 1 is 1.47 bits per heavy atom. The minimum atomic E-state index is -1.05. The van der Waals surface area contributed by atoms with Crippen molar-refractivity contribution in [3.8, 4) is 0 Å². The number of anilines is 2. The third-order valence-electron chi connectivity index (χ3n) is 2.41. The van der Waals surface area contributed by atoms with Crippen LogP contribution in [0.2, 0.25) is 5.02 Å². The molecule has 5 nitrogen and oxygen atoms in total. The summed E-state index contributed by atoms with van der Waals surface area (Å²) in [7, 11) is 0. The molecule has 7 heteroatoms. The molecule has 0 aliphatic rings. The summed E-state index contributed by atoms with van der Waals surface area (Å²) in [5.41, 5.74) is 1.17. The van der Waals surface area contributed by atoms with Gasteiger partial charge in [-0.2, -0.15) is 0 Å². The van der Waals surface area contributed by atoms with Crippen molar-refractivity contribution in [1.29, 1.82) is 0 Å². The Bertz CT molecular complexity index is 649. The van der Waals surface area contributed by atoms with E-state index in [1.165, 1.54) is 6.20 Å². The highest BCUT2D eigenvalue weighted by atomic mass is 79.9. The molecule has 0 aliphatic carbocycles. The second kappa shape index (κ2) is 5.54. The highest BCUT2D eigenvalue weighted by molar-refractivity contribution is 9.10. The summed E-state index contributed by atoms with van der Waals surface area (Å²) < 4.78 is 0.695. The number of rotatable bonds is 3. The van der Waals surface area contributed by atoms with Crippen LogP contribution in [0.3, 0.4) is 0 Å². The lowest BCUT2D eigenvalue weighted by atomic mass is 10.2. The fourth-order valence-corrected chi connectivity index (χ4v) is 2.00. The van der Waals surface area contributed by atoms with Gasteiger partial charge in [0.15, 0.2) is 0 Å². The van der Waals surface area contributed by atoms with E-state index >= 15 is 0 Å². The summed E-state index contributed by atoms with van der Waals surface area (Å²) in [4.78, 5) is 18.9. The van der Waals surface area contributed by atoms with Crippen LogP contribution in [0, 0.1) is 6.92 Å². The molecule has 98 valence electrons. The first-order valence-electron chi connectivity index (χ1n) is 5.27. The maximum absolute atomic E-state index is 10.9. The van der Waals surface area contributed by atoms with Gasteiger partial charge in [0.2, 0.25) is 5.95 Å². The van der Waals surface area contributed by atoms with Gasteiger partial charge in [-0.15, -0.1) is 0 Å². The molecule has 1 aromatic heterocycles. The topological polar surface area (TPSA) is 75.1 Å². The summed E-state index contributed by atoms with van der Waals surface area (Å²) in [6.07, 6.45) is 1.27. The van der Waals surface area contributed by atoms with Gasteiger partial charge < -0.3 is 10.4 Å². The van der Waals surface area contributed by atoms with E-state index in [-0.39, 0.29) is 5.56 Å². The second-order valence-corrected chi connectivity index (χ2v) is 4.92. The molecule has 19 heavy (non-hydrogen) atoms. The average Bonchev–Trinajstić information content (AvgIpc) is 2.34. The number of aromatic carboxylic acids is 1. The summed E-state index contributed by atoms with van der Waals surface area (Å²) in [5.74, 6) is -0.738. The number of hydrogen-bond acceptors (Lipinski definition) is 4. The second-order valence-electron chi connectivity index (χ2n) is 3.72. The van der Waals surface area contributed by atoms with E-state index in [0.29, 0.717) is 26.8 Å². The molecule has 0 amide bonds. The van der Waals surface area contributed by atoms with E-state index < -0.39 is 5.97 Å². The van der Waals surface area contributed by atoms with Crippen LogP contribution in [0.25, 0.3) is 0 Å². The van der Waals surface area contributed by atoms with Crippen LogP contribution in [-0.4, -0.2) is 21.0 Å². The smallest absolute Gasteiger partial charge is 0.339 e. The highest BCUT2D eigenvalue weighted by Gasteiger charge is 2.11. The predicted molar refractivity (Wildman–Crippen MR) is 76.2 cm³/mol. The van der Waals surface area contributed by atoms with E-state index in [1.807, 2.05) is 0 Å². The molecule has 0 saturated carbocycles. The van der Waals surface area contributed by atoms with E-state index in [2.05, 4.69) is 31.2 Å². The zero-order chi connectivity index (χ0) is 14.0. The zero-order valence-corrected chi connectivity index (χ0v) is 12.2. The molecule has 2 rings (SSSR count). The van der Waals surface area contributed by atoms with E-state index in [9.17, 15) is 4.79 Å². The first kappa shape index (κ1) is 13.8. The standard InChI is InChI=1S/C12H9BrClN3O2/c1-6-7(11(18)19)5-15-12(16-6)17-9-4-2-3-8(14)10(9)13/h2-5H,1H3,(H,18,19)(H,15,16,17). The fraction of sp³-hybridized carbons (Fsp3) is 0.0833. The number of nitrogens with one attached hydrogen (secondary N) is 1. The lowest BCUT2D eigenvalue weighted by Gasteiger charge is -2.09. The maximum Gasteiger partial charge on any atom is 0.339 e. The average molecular weight is 343 g/mol. The zero-order valence-electron chi connectivity index (χ0n) is 9.82. The molecule has 0 spiro atoms. The Morgan fingerprint density at radius 3 is 2.84 bits per heavy atom. The molecule has 2 N–H and O–H groups in total. The number of carboxylic acid groups (broad SMARTS) is 1. The number of aryl methyl sites for hydroxylation is 1. The molecule has 2 aromatic rings. The lowest BCUT2D eigenvalue weighted by Crippen LogP contribution is -2.06. The van der Waals surface area contributed by atoms with Crippen LogP contribution < -0.4 is 5.32 Å². The van der Waals surface area contributed by atoms with Crippen LogP contribution >= 0.6 is 27.5 Å². The van der Waals surface area contributed by atoms with Gasteiger partial charge in [0, 0.05) is 6.20 Å². The molecular formula is C12H9BrClN3O2. The van der Waals surface area contributed by atoms with Crippen LogP contribution in [0.4, 0.5) is 11.6 Å². The van der Waals surface area contributed by atoms with Crippen molar-refractivity contribution in [3.05, 3.63) is 45.1 Å². The van der Waals surface area contributed by atoms with Gasteiger partial charge in [0.25, 0.3) is 0 Å². The maximum atomic E-state index is 10.9. The van der Waals surface area contributed by atoms with Gasteiger partial charge in [-0.1, -0.05) is 17.7 Å². The molecule has 1 aromatic carbocycles. The van der Waals surface area contributed by atoms with Gasteiger partial charge in [-0.3, -0.25) is 0 Å². The number of nitrogens with zero attached hydrogens (tertiary/aromatic N) is 2. The van der Waals surface area contributed by atoms with Gasteiger partial charge >= 0.3 is 5.97 Å². The predicted octanol–water partition coefficient (Wildman–Crippen LogP) is 3.64. The molecule has 0 atom stereocenters. The van der Waals surface area contributed by atoms with Crippen molar-refractivity contribution in [1.82, 2.24) is 9.97 Å². The third-order valence-corrected chi connectivity index (χ3v) is 3.81. The Balaban J connectivity index is 2.32. The largest absolute Gasteiger partial charge is 0.478 e. The van der Waals surface area contributed by atoms with Crippen molar-refractivity contribution < 1.29 is 9.90 Å². The van der Waals surface area contributed by atoms with Crippen LogP contribution in [0.1, 0.15) is 16.1 Å². The van der Waals surface area contributed by atoms with Crippen molar-refractivity contribution in [2.24, 2.45) is 0 Å². The quantitative estimate of drug-likeness (QED) is 0.890. The molecule has 0 aliphatic heterocycles. The SMILES string of the molecule is Cc1nc(Nc2cccc(Cl)c2Br)ncc1C(=O)O. The third kappa shape index (κ3) is 3.02. The summed E-state index contributed by atoms with van der Waals surface area (Å²) in [6, 6.07) is 5.34. The lowest BCUT2D eigenvalue weighted by molar-refractivity contribution is 0.0695. The highest BCUT2D eigenvalue weighted by Crippen LogP contribution is 2.31. The summed E-state index contributed by atoms with van der Waals surface area (Å²) >= 11 is 9.32. The molecule has 0 saturated heterocycles. The molecule has 0 fully saturated rings. The van der Waals surface area contributed by atoms with Crippen molar-refractivity contribution in [2.45, 2.75) is 6.92 Å². The van der Waals surface area contributed by atoms with Crippen LogP contribution in [-0.2, 0) is 0 Å². The normalized spacial score (nSPS) is 10.3. The fourth-order valence-electron chi connectivity index (χ4n) is 1.46. The Hall–Kier alpha value is -1.66. The van der Waals surface area contributed by atoms with Crippen LogP contribution in [0.15, 0.2) is 28.9 Å². The summed E-state index contributed by atoms with van der Waals surface area (Å²) in [5, 5.41) is 12.4. The molecule has 1 heterocycles. The van der Waals surface area contributed by atoms with Gasteiger partial charge in [-0.05, 0) is 35.0 Å².